The number of halogens is 1. The lowest BCUT2D eigenvalue weighted by molar-refractivity contribution is -0.134. The molecule has 2 aliphatic heterocycles. The number of carbonyl (C=O) groups is 1. The average molecular weight is 435 g/mol. The van der Waals surface area contributed by atoms with Crippen LogP contribution in [0.5, 0.6) is 0 Å². The van der Waals surface area contributed by atoms with E-state index >= 15 is 0 Å². The number of hydrogen-bond donors (Lipinski definition) is 0. The Hall–Kier alpha value is -2.19. The standard InChI is InChI=1S/C21H30N6O2.ClH/c1-15(2)25-8-4-9-26(12-11-25)21(28)17-7-10-27(14-17)18-5-6-19(22-13-18)20-23-16(3)24-29-20;/h5-6,13,15,17H,4,7-12,14H2,1-3H3;1H/t17-;/m0./s1. The van der Waals surface area contributed by atoms with Crippen LogP contribution in [0, 0.1) is 12.8 Å². The molecule has 2 aliphatic rings. The minimum Gasteiger partial charge on any atom is -0.369 e. The Morgan fingerprint density at radius 3 is 2.67 bits per heavy atom. The van der Waals surface area contributed by atoms with Crippen LogP contribution in [-0.4, -0.2) is 76.1 Å². The van der Waals surface area contributed by atoms with Gasteiger partial charge in [-0.3, -0.25) is 9.69 Å². The lowest BCUT2D eigenvalue weighted by Crippen LogP contribution is -2.40. The van der Waals surface area contributed by atoms with Crippen molar-refractivity contribution in [1.82, 2.24) is 24.9 Å². The van der Waals surface area contributed by atoms with E-state index in [1.54, 1.807) is 6.92 Å². The molecule has 4 rings (SSSR count). The number of aromatic nitrogens is 3. The summed E-state index contributed by atoms with van der Waals surface area (Å²) in [4.78, 5) is 28.6. The van der Waals surface area contributed by atoms with E-state index in [2.05, 4.69) is 43.7 Å². The minimum atomic E-state index is 0. The van der Waals surface area contributed by atoms with Crippen LogP contribution >= 0.6 is 12.4 Å². The van der Waals surface area contributed by atoms with Gasteiger partial charge in [-0.25, -0.2) is 4.98 Å². The summed E-state index contributed by atoms with van der Waals surface area (Å²) in [6.07, 6.45) is 3.78. The molecule has 164 valence electrons. The van der Waals surface area contributed by atoms with Crippen molar-refractivity contribution < 1.29 is 9.32 Å². The van der Waals surface area contributed by atoms with Crippen LogP contribution in [0.4, 0.5) is 5.69 Å². The van der Waals surface area contributed by atoms with Crippen LogP contribution in [-0.2, 0) is 4.79 Å². The normalized spacial score (nSPS) is 20.3. The van der Waals surface area contributed by atoms with E-state index < -0.39 is 0 Å². The summed E-state index contributed by atoms with van der Waals surface area (Å²) in [5.41, 5.74) is 1.70. The number of rotatable bonds is 4. The zero-order valence-corrected chi connectivity index (χ0v) is 18.8. The Balaban J connectivity index is 0.00000256. The topological polar surface area (TPSA) is 78.6 Å². The molecule has 2 fully saturated rings. The first-order chi connectivity index (χ1) is 14.0. The molecular formula is C21H31ClN6O2. The van der Waals surface area contributed by atoms with E-state index in [1.807, 2.05) is 18.3 Å². The molecule has 2 aromatic heterocycles. The molecule has 9 heteroatoms. The largest absolute Gasteiger partial charge is 0.369 e. The third-order valence-corrected chi connectivity index (χ3v) is 5.97. The number of anilines is 1. The van der Waals surface area contributed by atoms with Crippen LogP contribution < -0.4 is 4.90 Å². The van der Waals surface area contributed by atoms with Crippen molar-refractivity contribution in [3.05, 3.63) is 24.2 Å². The van der Waals surface area contributed by atoms with Gasteiger partial charge in [0, 0.05) is 45.3 Å². The number of aryl methyl sites for hydroxylation is 1. The van der Waals surface area contributed by atoms with Crippen LogP contribution in [0.2, 0.25) is 0 Å². The fraction of sp³-hybridized carbons (Fsp3) is 0.619. The summed E-state index contributed by atoms with van der Waals surface area (Å²) < 4.78 is 5.17. The van der Waals surface area contributed by atoms with Crippen LogP contribution in [0.1, 0.15) is 32.5 Å². The Bertz CT molecular complexity index is 840. The molecule has 8 nitrogen and oxygen atoms in total. The summed E-state index contributed by atoms with van der Waals surface area (Å²) in [7, 11) is 0. The molecule has 0 aliphatic carbocycles. The second-order valence-corrected chi connectivity index (χ2v) is 8.29. The van der Waals surface area contributed by atoms with Gasteiger partial charge in [-0.05, 0) is 45.7 Å². The average Bonchev–Trinajstić information content (AvgIpc) is 3.30. The molecule has 2 saturated heterocycles. The number of carbonyl (C=O) groups excluding carboxylic acids is 1. The highest BCUT2D eigenvalue weighted by atomic mass is 35.5. The number of nitrogens with zero attached hydrogens (tertiary/aromatic N) is 6. The zero-order chi connectivity index (χ0) is 20.4. The van der Waals surface area contributed by atoms with Crippen LogP contribution in [0.25, 0.3) is 11.6 Å². The van der Waals surface area contributed by atoms with Crippen molar-refractivity contribution in [2.75, 3.05) is 44.2 Å². The molecule has 0 spiro atoms. The third kappa shape index (κ3) is 4.92. The highest BCUT2D eigenvalue weighted by Gasteiger charge is 2.32. The van der Waals surface area contributed by atoms with Crippen molar-refractivity contribution in [2.45, 2.75) is 39.7 Å². The number of hydrogen-bond acceptors (Lipinski definition) is 7. The van der Waals surface area contributed by atoms with Gasteiger partial charge in [0.25, 0.3) is 5.89 Å². The first-order valence-corrected chi connectivity index (χ1v) is 10.6. The van der Waals surface area contributed by atoms with Gasteiger partial charge in [0.2, 0.25) is 5.91 Å². The summed E-state index contributed by atoms with van der Waals surface area (Å²) >= 11 is 0. The molecule has 0 saturated carbocycles. The second kappa shape index (κ2) is 9.75. The van der Waals surface area contributed by atoms with Gasteiger partial charge in [-0.2, -0.15) is 4.98 Å². The Kier molecular flexibility index (Phi) is 7.31. The molecule has 1 atom stereocenters. The maximum atomic E-state index is 13.1. The summed E-state index contributed by atoms with van der Waals surface area (Å²) in [5, 5.41) is 3.81. The Labute approximate surface area is 184 Å². The number of pyridine rings is 1. The monoisotopic (exact) mass is 434 g/mol. The van der Waals surface area contributed by atoms with Crippen molar-refractivity contribution >= 4 is 24.0 Å². The van der Waals surface area contributed by atoms with Crippen LogP contribution in [0.15, 0.2) is 22.9 Å². The maximum absolute atomic E-state index is 13.1. The molecule has 0 bridgehead atoms. The van der Waals surface area contributed by atoms with E-state index in [1.165, 1.54) is 0 Å². The van der Waals surface area contributed by atoms with Gasteiger partial charge < -0.3 is 14.3 Å². The maximum Gasteiger partial charge on any atom is 0.276 e. The minimum absolute atomic E-state index is 0. The van der Waals surface area contributed by atoms with E-state index in [-0.39, 0.29) is 18.3 Å². The molecular weight excluding hydrogens is 404 g/mol. The lowest BCUT2D eigenvalue weighted by Gasteiger charge is -2.26. The molecule has 0 unspecified atom stereocenters. The summed E-state index contributed by atoms with van der Waals surface area (Å²) in [6.45, 7) is 11.6. The van der Waals surface area contributed by atoms with Crippen molar-refractivity contribution in [3.8, 4) is 11.6 Å². The SMILES string of the molecule is Cc1noc(-c2ccc(N3CC[C@H](C(=O)N4CCCN(C(C)C)CC4)C3)cn2)n1.Cl. The summed E-state index contributed by atoms with van der Waals surface area (Å²) in [5.74, 6) is 1.40. The lowest BCUT2D eigenvalue weighted by atomic mass is 10.1. The highest BCUT2D eigenvalue weighted by Crippen LogP contribution is 2.26. The fourth-order valence-electron chi connectivity index (χ4n) is 4.23. The zero-order valence-electron chi connectivity index (χ0n) is 18.0. The predicted octanol–water partition coefficient (Wildman–Crippen LogP) is 2.63. The predicted molar refractivity (Wildman–Crippen MR) is 118 cm³/mol. The second-order valence-electron chi connectivity index (χ2n) is 8.29. The molecule has 0 N–H and O–H groups in total. The molecule has 2 aromatic rings. The first-order valence-electron chi connectivity index (χ1n) is 10.6. The van der Waals surface area contributed by atoms with E-state index in [0.29, 0.717) is 29.4 Å². The smallest absolute Gasteiger partial charge is 0.276 e. The van der Waals surface area contributed by atoms with Gasteiger partial charge in [0.05, 0.1) is 17.8 Å². The van der Waals surface area contributed by atoms with Gasteiger partial charge in [0.15, 0.2) is 5.82 Å². The quantitative estimate of drug-likeness (QED) is 0.731. The first kappa shape index (κ1) is 22.5. The molecule has 1 amide bonds. The fourth-order valence-corrected chi connectivity index (χ4v) is 4.23. The van der Waals surface area contributed by atoms with Crippen molar-refractivity contribution in [1.29, 1.82) is 0 Å². The van der Waals surface area contributed by atoms with Gasteiger partial charge >= 0.3 is 0 Å². The van der Waals surface area contributed by atoms with Gasteiger partial charge in [0.1, 0.15) is 5.69 Å². The Morgan fingerprint density at radius 1 is 1.17 bits per heavy atom. The van der Waals surface area contributed by atoms with E-state index in [0.717, 1.165) is 57.8 Å². The number of amides is 1. The molecule has 0 radical (unpaired) electrons. The summed E-state index contributed by atoms with van der Waals surface area (Å²) in [6, 6.07) is 4.45. The molecule has 4 heterocycles. The molecule has 0 aromatic carbocycles. The van der Waals surface area contributed by atoms with Crippen molar-refractivity contribution in [3.63, 3.8) is 0 Å². The van der Waals surface area contributed by atoms with Gasteiger partial charge in [-0.15, -0.1) is 12.4 Å². The van der Waals surface area contributed by atoms with Crippen molar-refractivity contribution in [2.24, 2.45) is 5.92 Å². The Morgan fingerprint density at radius 2 is 2.00 bits per heavy atom. The van der Waals surface area contributed by atoms with E-state index in [4.69, 9.17) is 4.52 Å². The third-order valence-electron chi connectivity index (χ3n) is 5.97. The highest BCUT2D eigenvalue weighted by molar-refractivity contribution is 5.85. The molecule has 30 heavy (non-hydrogen) atoms. The van der Waals surface area contributed by atoms with Gasteiger partial charge in [-0.1, -0.05) is 5.16 Å². The van der Waals surface area contributed by atoms with E-state index in [9.17, 15) is 4.79 Å². The van der Waals surface area contributed by atoms with Crippen LogP contribution in [0.3, 0.4) is 0 Å².